The maximum atomic E-state index is 12.7. The van der Waals surface area contributed by atoms with E-state index in [2.05, 4.69) is 64.2 Å². The van der Waals surface area contributed by atoms with E-state index in [4.69, 9.17) is 0 Å². The zero-order valence-electron chi connectivity index (χ0n) is 15.5. The van der Waals surface area contributed by atoms with Gasteiger partial charge in [0.2, 0.25) is 5.91 Å². The van der Waals surface area contributed by atoms with E-state index in [9.17, 15) is 4.79 Å². The van der Waals surface area contributed by atoms with Crippen LogP contribution in [0.15, 0.2) is 24.3 Å². The number of benzene rings is 1. The molecule has 2 unspecified atom stereocenters. The van der Waals surface area contributed by atoms with Crippen LogP contribution < -0.4 is 5.32 Å². The van der Waals surface area contributed by atoms with Crippen LogP contribution in [0.2, 0.25) is 0 Å². The number of nitrogens with one attached hydrogen (secondary N) is 1. The fourth-order valence-corrected chi connectivity index (χ4v) is 3.91. The molecule has 1 aromatic rings. The number of carbonyl (C=O) groups is 1. The topological polar surface area (TPSA) is 29.1 Å². The lowest BCUT2D eigenvalue weighted by Gasteiger charge is -2.41. The molecule has 0 aromatic heterocycles. The highest BCUT2D eigenvalue weighted by atomic mass is 16.1. The minimum Gasteiger partial charge on any atom is -0.356 e. The molecule has 2 atom stereocenters. The van der Waals surface area contributed by atoms with E-state index >= 15 is 0 Å². The van der Waals surface area contributed by atoms with Crippen LogP contribution in [-0.4, -0.2) is 12.5 Å². The molecular weight excluding hydrogens is 282 g/mol. The Balaban J connectivity index is 1.90. The molecular formula is C21H33NO. The molecule has 1 fully saturated rings. The molecule has 1 aromatic carbocycles. The average molecular weight is 316 g/mol. The molecule has 1 aliphatic rings. The Bertz CT molecular complexity index is 515. The Labute approximate surface area is 142 Å². The van der Waals surface area contributed by atoms with Gasteiger partial charge in [-0.2, -0.15) is 0 Å². The second kappa shape index (κ2) is 7.51. The van der Waals surface area contributed by atoms with Gasteiger partial charge in [0.05, 0.1) is 0 Å². The van der Waals surface area contributed by atoms with Crippen molar-refractivity contribution in [1.82, 2.24) is 5.32 Å². The molecule has 1 aliphatic carbocycles. The number of rotatable bonds is 5. The zero-order chi connectivity index (χ0) is 17.0. The van der Waals surface area contributed by atoms with Crippen molar-refractivity contribution in [3.63, 3.8) is 0 Å². The van der Waals surface area contributed by atoms with Crippen LogP contribution in [-0.2, 0) is 11.2 Å². The molecule has 2 nitrogen and oxygen atoms in total. The van der Waals surface area contributed by atoms with Gasteiger partial charge in [0, 0.05) is 12.5 Å². The van der Waals surface area contributed by atoms with Crippen LogP contribution in [0.5, 0.6) is 0 Å². The van der Waals surface area contributed by atoms with Crippen LogP contribution in [0.3, 0.4) is 0 Å². The van der Waals surface area contributed by atoms with Crippen molar-refractivity contribution < 1.29 is 4.79 Å². The summed E-state index contributed by atoms with van der Waals surface area (Å²) >= 11 is 0. The smallest absolute Gasteiger partial charge is 0.223 e. The first-order valence-corrected chi connectivity index (χ1v) is 9.12. The van der Waals surface area contributed by atoms with Gasteiger partial charge in [0.1, 0.15) is 0 Å². The average Bonchev–Trinajstić information content (AvgIpc) is 2.48. The Morgan fingerprint density at radius 1 is 1.26 bits per heavy atom. The third-order valence-electron chi connectivity index (χ3n) is 5.47. The minimum absolute atomic E-state index is 0.178. The zero-order valence-corrected chi connectivity index (χ0v) is 15.5. The highest BCUT2D eigenvalue weighted by Crippen LogP contribution is 2.44. The predicted octanol–water partition coefficient (Wildman–Crippen LogP) is 4.75. The first-order valence-electron chi connectivity index (χ1n) is 9.12. The standard InChI is InChI=1S/C21H33NO/c1-15(2)18-10-12-21(4,5)14-19(18)20(23)22-13-11-17-8-6-16(3)7-9-17/h6-9,15,18-19H,10-14H2,1-5H3,(H,22,23). The molecule has 2 heteroatoms. The van der Waals surface area contributed by atoms with E-state index in [0.717, 1.165) is 19.4 Å². The monoisotopic (exact) mass is 315 g/mol. The van der Waals surface area contributed by atoms with Gasteiger partial charge in [-0.25, -0.2) is 0 Å². The van der Waals surface area contributed by atoms with Crippen LogP contribution in [0.1, 0.15) is 58.1 Å². The number of hydrogen-bond donors (Lipinski definition) is 1. The third kappa shape index (κ3) is 5.09. The van der Waals surface area contributed by atoms with E-state index in [-0.39, 0.29) is 11.8 Å². The molecule has 0 heterocycles. The van der Waals surface area contributed by atoms with Crippen molar-refractivity contribution in [3.05, 3.63) is 35.4 Å². The molecule has 0 radical (unpaired) electrons. The van der Waals surface area contributed by atoms with Gasteiger partial charge in [-0.3, -0.25) is 4.79 Å². The second-order valence-corrected chi connectivity index (χ2v) is 8.45. The van der Waals surface area contributed by atoms with Gasteiger partial charge in [-0.15, -0.1) is 0 Å². The summed E-state index contributed by atoms with van der Waals surface area (Å²) in [7, 11) is 0. The molecule has 2 rings (SSSR count). The van der Waals surface area contributed by atoms with Gasteiger partial charge < -0.3 is 5.32 Å². The first-order chi connectivity index (χ1) is 10.8. The van der Waals surface area contributed by atoms with Crippen molar-refractivity contribution in [2.24, 2.45) is 23.2 Å². The van der Waals surface area contributed by atoms with Gasteiger partial charge in [0.25, 0.3) is 0 Å². The highest BCUT2D eigenvalue weighted by molar-refractivity contribution is 5.79. The van der Waals surface area contributed by atoms with E-state index in [1.165, 1.54) is 24.0 Å². The van der Waals surface area contributed by atoms with Gasteiger partial charge in [0.15, 0.2) is 0 Å². The molecule has 1 amide bonds. The fraction of sp³-hybridized carbons (Fsp3) is 0.667. The highest BCUT2D eigenvalue weighted by Gasteiger charge is 2.39. The minimum atomic E-state index is 0.178. The first kappa shape index (κ1) is 18.0. The van der Waals surface area contributed by atoms with E-state index in [0.29, 0.717) is 17.3 Å². The summed E-state index contributed by atoms with van der Waals surface area (Å²) in [6, 6.07) is 8.58. The number of aryl methyl sites for hydroxylation is 1. The van der Waals surface area contributed by atoms with Gasteiger partial charge in [-0.05, 0) is 55.4 Å². The quantitative estimate of drug-likeness (QED) is 0.834. The molecule has 1 saturated carbocycles. The molecule has 128 valence electrons. The fourth-order valence-electron chi connectivity index (χ4n) is 3.91. The maximum Gasteiger partial charge on any atom is 0.223 e. The van der Waals surface area contributed by atoms with E-state index < -0.39 is 0 Å². The molecule has 0 bridgehead atoms. The van der Waals surface area contributed by atoms with Crippen LogP contribution in [0, 0.1) is 30.1 Å². The predicted molar refractivity (Wildman–Crippen MR) is 97.3 cm³/mol. The second-order valence-electron chi connectivity index (χ2n) is 8.45. The summed E-state index contributed by atoms with van der Waals surface area (Å²) in [5, 5.41) is 3.20. The van der Waals surface area contributed by atoms with Crippen molar-refractivity contribution in [3.8, 4) is 0 Å². The van der Waals surface area contributed by atoms with E-state index in [1.54, 1.807) is 0 Å². The molecule has 0 saturated heterocycles. The summed E-state index contributed by atoms with van der Waals surface area (Å²) in [4.78, 5) is 12.7. The van der Waals surface area contributed by atoms with E-state index in [1.807, 2.05) is 0 Å². The lowest BCUT2D eigenvalue weighted by atomic mass is 9.64. The van der Waals surface area contributed by atoms with Crippen LogP contribution in [0.4, 0.5) is 0 Å². The maximum absolute atomic E-state index is 12.7. The summed E-state index contributed by atoms with van der Waals surface area (Å²) in [6.07, 6.45) is 4.35. The molecule has 0 spiro atoms. The third-order valence-corrected chi connectivity index (χ3v) is 5.47. The SMILES string of the molecule is Cc1ccc(CCNC(=O)C2CC(C)(C)CCC2C(C)C)cc1. The molecule has 1 N–H and O–H groups in total. The van der Waals surface area contributed by atoms with Crippen molar-refractivity contribution >= 4 is 5.91 Å². The largest absolute Gasteiger partial charge is 0.356 e. The van der Waals surface area contributed by atoms with Crippen LogP contribution >= 0.6 is 0 Å². The van der Waals surface area contributed by atoms with Crippen molar-refractivity contribution in [2.75, 3.05) is 6.54 Å². The lowest BCUT2D eigenvalue weighted by molar-refractivity contribution is -0.130. The van der Waals surface area contributed by atoms with Crippen molar-refractivity contribution in [1.29, 1.82) is 0 Å². The Morgan fingerprint density at radius 2 is 1.91 bits per heavy atom. The van der Waals surface area contributed by atoms with Crippen LogP contribution in [0.25, 0.3) is 0 Å². The van der Waals surface area contributed by atoms with Gasteiger partial charge >= 0.3 is 0 Å². The normalized spacial score (nSPS) is 23.7. The summed E-state index contributed by atoms with van der Waals surface area (Å²) < 4.78 is 0. The lowest BCUT2D eigenvalue weighted by Crippen LogP contribution is -2.43. The Hall–Kier alpha value is -1.31. The Morgan fingerprint density at radius 3 is 2.52 bits per heavy atom. The molecule has 0 aliphatic heterocycles. The molecule has 23 heavy (non-hydrogen) atoms. The summed E-state index contributed by atoms with van der Waals surface area (Å²) in [5.41, 5.74) is 2.87. The summed E-state index contributed by atoms with van der Waals surface area (Å²) in [5.74, 6) is 1.56. The Kier molecular flexibility index (Phi) is 5.89. The van der Waals surface area contributed by atoms with Crippen molar-refractivity contribution in [2.45, 2.75) is 60.3 Å². The summed E-state index contributed by atoms with van der Waals surface area (Å²) in [6.45, 7) is 12.0. The number of carbonyl (C=O) groups excluding carboxylic acids is 1. The van der Waals surface area contributed by atoms with Gasteiger partial charge in [-0.1, -0.05) is 57.5 Å². The number of amides is 1. The number of hydrogen-bond acceptors (Lipinski definition) is 1.